The number of halogens is 2. The zero-order chi connectivity index (χ0) is 19.0. The van der Waals surface area contributed by atoms with Gasteiger partial charge in [0, 0.05) is 0 Å². The maximum atomic E-state index is 13.1. The molecule has 1 heterocycles. The first-order valence-electron chi connectivity index (χ1n) is 9.20. The number of anilines is 1. The minimum Gasteiger partial charge on any atom is -0.323 e. The van der Waals surface area contributed by atoms with Crippen LogP contribution in [0, 0.1) is 35.5 Å². The monoisotopic (exact) mass is 404 g/mol. The minimum atomic E-state index is -0.902. The highest BCUT2D eigenvalue weighted by Crippen LogP contribution is 2.65. The fraction of sp³-hybridized carbons (Fsp3) is 0.450. The zero-order valence-corrected chi connectivity index (χ0v) is 16.1. The Morgan fingerprint density at radius 2 is 1.70 bits per heavy atom. The zero-order valence-electron chi connectivity index (χ0n) is 14.6. The minimum absolute atomic E-state index is 0.143. The highest BCUT2D eigenvalue weighted by atomic mass is 35.5. The van der Waals surface area contributed by atoms with Crippen LogP contribution in [0.5, 0.6) is 0 Å². The van der Waals surface area contributed by atoms with E-state index in [2.05, 4.69) is 17.5 Å². The molecule has 1 aromatic carbocycles. The van der Waals surface area contributed by atoms with Crippen LogP contribution in [0.1, 0.15) is 13.3 Å². The summed E-state index contributed by atoms with van der Waals surface area (Å²) < 4.78 is 0. The van der Waals surface area contributed by atoms with Crippen LogP contribution >= 0.6 is 23.2 Å². The second-order valence-corrected chi connectivity index (χ2v) is 8.75. The van der Waals surface area contributed by atoms with E-state index < -0.39 is 11.9 Å². The van der Waals surface area contributed by atoms with E-state index >= 15 is 0 Å². The molecule has 4 aliphatic carbocycles. The normalized spacial score (nSPS) is 36.5. The lowest BCUT2D eigenvalue weighted by Crippen LogP contribution is -2.46. The van der Waals surface area contributed by atoms with Crippen LogP contribution in [-0.4, -0.2) is 28.7 Å². The third-order valence-electron chi connectivity index (χ3n) is 6.67. The number of nitrogens with zero attached hydrogens (tertiary/aromatic N) is 1. The number of benzene rings is 1. The van der Waals surface area contributed by atoms with Crippen LogP contribution in [0.25, 0.3) is 0 Å². The number of hydrogen-bond acceptors (Lipinski definition) is 3. The number of nitrogens with one attached hydrogen (secondary N) is 1. The molecule has 3 fully saturated rings. The molecule has 6 rings (SSSR count). The largest absolute Gasteiger partial charge is 0.323 e. The van der Waals surface area contributed by atoms with Gasteiger partial charge in [-0.05, 0) is 49.1 Å². The summed E-state index contributed by atoms with van der Waals surface area (Å²) in [6, 6.07) is 4.02. The highest BCUT2D eigenvalue weighted by molar-refractivity contribution is 6.44. The van der Waals surface area contributed by atoms with Crippen molar-refractivity contribution >= 4 is 46.6 Å². The molecule has 1 N–H and O–H groups in total. The predicted molar refractivity (Wildman–Crippen MR) is 101 cm³/mol. The van der Waals surface area contributed by atoms with E-state index in [0.29, 0.717) is 22.5 Å². The first kappa shape index (κ1) is 17.3. The number of carbonyl (C=O) groups excluding carboxylic acids is 3. The molecule has 1 aliphatic heterocycles. The standard InChI is InChI=1S/C20H18Cl2N2O3/c1-8(18(25)23-14-4-2-3-13(21)17(14)22)24-19(26)15-9-5-6-10(12-7-11(9)12)16(15)20(24)27/h2-6,8-12,15-16H,7H2,1H3,(H,23,25)/t8-,9-,10-,11-,12-,15-,16+/m1/s1. The Bertz CT molecular complexity index is 878. The van der Waals surface area contributed by atoms with Crippen molar-refractivity contribution in [1.82, 2.24) is 4.90 Å². The Morgan fingerprint density at radius 1 is 1.11 bits per heavy atom. The highest BCUT2D eigenvalue weighted by Gasteiger charge is 2.67. The average molecular weight is 405 g/mol. The fourth-order valence-electron chi connectivity index (χ4n) is 5.32. The van der Waals surface area contributed by atoms with Gasteiger partial charge in [0.2, 0.25) is 17.7 Å². The first-order valence-corrected chi connectivity index (χ1v) is 9.96. The van der Waals surface area contributed by atoms with Gasteiger partial charge < -0.3 is 5.32 Å². The van der Waals surface area contributed by atoms with Gasteiger partial charge in [-0.15, -0.1) is 0 Å². The lowest BCUT2D eigenvalue weighted by atomic mass is 9.63. The molecule has 0 unspecified atom stereocenters. The molecule has 140 valence electrons. The molecule has 5 nitrogen and oxygen atoms in total. The Labute approximate surface area is 166 Å². The smallest absolute Gasteiger partial charge is 0.247 e. The molecule has 7 atom stereocenters. The Kier molecular flexibility index (Phi) is 3.72. The molecule has 0 spiro atoms. The summed E-state index contributed by atoms with van der Waals surface area (Å²) in [5.41, 5.74) is 0.362. The van der Waals surface area contributed by atoms with Crippen LogP contribution in [0.15, 0.2) is 30.4 Å². The van der Waals surface area contributed by atoms with Crippen molar-refractivity contribution in [2.45, 2.75) is 19.4 Å². The summed E-state index contributed by atoms with van der Waals surface area (Å²) in [5, 5.41) is 3.24. The van der Waals surface area contributed by atoms with E-state index in [-0.39, 0.29) is 40.5 Å². The molecular formula is C20H18Cl2N2O3. The Balaban J connectivity index is 1.39. The van der Waals surface area contributed by atoms with Gasteiger partial charge in [-0.25, -0.2) is 0 Å². The van der Waals surface area contributed by atoms with E-state index in [1.54, 1.807) is 25.1 Å². The third-order valence-corrected chi connectivity index (χ3v) is 7.49. The van der Waals surface area contributed by atoms with Crippen LogP contribution in [0.4, 0.5) is 5.69 Å². The maximum Gasteiger partial charge on any atom is 0.247 e. The second kappa shape index (κ2) is 5.82. The predicted octanol–water partition coefficient (Wildman–Crippen LogP) is 3.37. The van der Waals surface area contributed by atoms with Crippen molar-refractivity contribution in [2.24, 2.45) is 35.5 Å². The molecule has 1 saturated heterocycles. The number of allylic oxidation sites excluding steroid dienone is 2. The number of hydrogen-bond donors (Lipinski definition) is 1. The number of amides is 3. The van der Waals surface area contributed by atoms with E-state index in [9.17, 15) is 14.4 Å². The van der Waals surface area contributed by atoms with Crippen molar-refractivity contribution in [1.29, 1.82) is 0 Å². The number of carbonyl (C=O) groups is 3. The van der Waals surface area contributed by atoms with Gasteiger partial charge in [0.25, 0.3) is 0 Å². The Morgan fingerprint density at radius 3 is 2.30 bits per heavy atom. The molecule has 7 heteroatoms. The van der Waals surface area contributed by atoms with Crippen LogP contribution < -0.4 is 5.32 Å². The van der Waals surface area contributed by atoms with Crippen LogP contribution in [0.2, 0.25) is 10.0 Å². The van der Waals surface area contributed by atoms with E-state index in [1.807, 2.05) is 0 Å². The molecule has 5 aliphatic rings. The van der Waals surface area contributed by atoms with Gasteiger partial charge in [0.05, 0.1) is 27.6 Å². The van der Waals surface area contributed by atoms with Crippen molar-refractivity contribution in [3.8, 4) is 0 Å². The number of rotatable bonds is 3. The number of imide groups is 1. The average Bonchev–Trinajstić information content (AvgIpc) is 3.42. The SMILES string of the molecule is C[C@H](C(=O)Nc1cccc(Cl)c1Cl)N1C(=O)[C@@H]2[C@@H]3C=C[C@H]([C@H]4C[C@H]34)[C@@H]2C1=O. The summed E-state index contributed by atoms with van der Waals surface area (Å²) in [4.78, 5) is 40.0. The quantitative estimate of drug-likeness (QED) is 0.620. The molecule has 27 heavy (non-hydrogen) atoms. The van der Waals surface area contributed by atoms with E-state index in [1.165, 1.54) is 4.90 Å². The summed E-state index contributed by atoms with van der Waals surface area (Å²) >= 11 is 12.1. The number of likely N-dealkylation sites (tertiary alicyclic amines) is 1. The Hall–Kier alpha value is -1.85. The summed E-state index contributed by atoms with van der Waals surface area (Å²) in [7, 11) is 0. The molecule has 1 aromatic rings. The second-order valence-electron chi connectivity index (χ2n) is 7.97. The van der Waals surface area contributed by atoms with Gasteiger partial charge in [-0.1, -0.05) is 41.4 Å². The summed E-state index contributed by atoms with van der Waals surface area (Å²) in [6.07, 6.45) is 5.34. The van der Waals surface area contributed by atoms with Gasteiger partial charge in [-0.2, -0.15) is 0 Å². The summed E-state index contributed by atoms with van der Waals surface area (Å²) in [5.74, 6) is -0.135. The van der Waals surface area contributed by atoms with E-state index in [0.717, 1.165) is 6.42 Å². The molecule has 0 radical (unpaired) electrons. The van der Waals surface area contributed by atoms with Crippen molar-refractivity contribution in [2.75, 3.05) is 5.32 Å². The topological polar surface area (TPSA) is 66.5 Å². The van der Waals surface area contributed by atoms with Crippen LogP contribution in [-0.2, 0) is 14.4 Å². The molecule has 2 bridgehead atoms. The lowest BCUT2D eigenvalue weighted by Gasteiger charge is -2.37. The maximum absolute atomic E-state index is 13.1. The van der Waals surface area contributed by atoms with Crippen molar-refractivity contribution in [3.05, 3.63) is 40.4 Å². The fourth-order valence-corrected chi connectivity index (χ4v) is 5.66. The summed E-state index contributed by atoms with van der Waals surface area (Å²) in [6.45, 7) is 1.58. The van der Waals surface area contributed by atoms with Crippen LogP contribution in [0.3, 0.4) is 0 Å². The van der Waals surface area contributed by atoms with Gasteiger partial charge in [-0.3, -0.25) is 19.3 Å². The van der Waals surface area contributed by atoms with Gasteiger partial charge in [0.1, 0.15) is 6.04 Å². The first-order chi connectivity index (χ1) is 12.9. The van der Waals surface area contributed by atoms with E-state index in [4.69, 9.17) is 23.2 Å². The van der Waals surface area contributed by atoms with Gasteiger partial charge >= 0.3 is 0 Å². The molecular weight excluding hydrogens is 387 g/mol. The molecule has 0 aromatic heterocycles. The van der Waals surface area contributed by atoms with Crippen molar-refractivity contribution in [3.63, 3.8) is 0 Å². The van der Waals surface area contributed by atoms with Crippen molar-refractivity contribution < 1.29 is 14.4 Å². The molecule has 2 saturated carbocycles. The van der Waals surface area contributed by atoms with Gasteiger partial charge in [0.15, 0.2) is 0 Å². The lowest BCUT2D eigenvalue weighted by molar-refractivity contribution is -0.146. The molecule has 3 amide bonds. The third kappa shape index (κ3) is 2.34.